The average molecular weight is 426 g/mol. The molecule has 1 amide bonds. The second-order valence-corrected chi connectivity index (χ2v) is 7.65. The standard InChI is InChI=1S/C22H22N2O5S/c1-24(11-15-12-28-18-6-4-5-7-19(18)29-15)22(25)16-13-30-21(23-16)14-8-9-17(26-2)20(10-14)27-3/h4-10,13,15H,11-12H2,1-3H3/t15-/m0/s1. The maximum Gasteiger partial charge on any atom is 0.273 e. The lowest BCUT2D eigenvalue weighted by Gasteiger charge is -2.29. The molecule has 0 unspecified atom stereocenters. The number of likely N-dealkylation sites (N-methyl/N-ethyl adjacent to an activating group) is 1. The zero-order valence-corrected chi connectivity index (χ0v) is 17.8. The van der Waals surface area contributed by atoms with Crippen molar-refractivity contribution in [2.45, 2.75) is 6.10 Å². The molecule has 0 bridgehead atoms. The second kappa shape index (κ2) is 8.62. The van der Waals surface area contributed by atoms with Crippen LogP contribution in [0.5, 0.6) is 23.0 Å². The van der Waals surface area contributed by atoms with E-state index in [0.29, 0.717) is 36.1 Å². The van der Waals surface area contributed by atoms with Crippen molar-refractivity contribution in [3.8, 4) is 33.6 Å². The van der Waals surface area contributed by atoms with Gasteiger partial charge in [0, 0.05) is 18.0 Å². The molecule has 0 aliphatic carbocycles. The number of rotatable bonds is 6. The van der Waals surface area contributed by atoms with Gasteiger partial charge in [-0.05, 0) is 30.3 Å². The van der Waals surface area contributed by atoms with Gasteiger partial charge in [-0.3, -0.25) is 4.79 Å². The van der Waals surface area contributed by atoms with Crippen molar-refractivity contribution in [3.63, 3.8) is 0 Å². The van der Waals surface area contributed by atoms with E-state index in [1.807, 2.05) is 42.5 Å². The number of hydrogen-bond donors (Lipinski definition) is 0. The molecule has 2 heterocycles. The van der Waals surface area contributed by atoms with Gasteiger partial charge < -0.3 is 23.8 Å². The third kappa shape index (κ3) is 4.04. The predicted octanol–water partition coefficient (Wildman–Crippen LogP) is 3.74. The van der Waals surface area contributed by atoms with E-state index in [4.69, 9.17) is 18.9 Å². The van der Waals surface area contributed by atoms with Crippen LogP contribution in [-0.2, 0) is 0 Å². The van der Waals surface area contributed by atoms with Crippen molar-refractivity contribution in [3.05, 3.63) is 53.5 Å². The van der Waals surface area contributed by atoms with E-state index in [-0.39, 0.29) is 12.0 Å². The largest absolute Gasteiger partial charge is 0.493 e. The van der Waals surface area contributed by atoms with Gasteiger partial charge in [0.25, 0.3) is 5.91 Å². The summed E-state index contributed by atoms with van der Waals surface area (Å²) in [5.41, 5.74) is 1.25. The van der Waals surface area contributed by atoms with Crippen LogP contribution < -0.4 is 18.9 Å². The van der Waals surface area contributed by atoms with Crippen LogP contribution in [0.4, 0.5) is 0 Å². The van der Waals surface area contributed by atoms with Crippen LogP contribution in [0.1, 0.15) is 10.5 Å². The minimum Gasteiger partial charge on any atom is -0.493 e. The molecular weight excluding hydrogens is 404 g/mol. The third-order valence-corrected chi connectivity index (χ3v) is 5.64. The van der Waals surface area contributed by atoms with Gasteiger partial charge in [0.1, 0.15) is 17.3 Å². The summed E-state index contributed by atoms with van der Waals surface area (Å²) < 4.78 is 22.3. The molecule has 7 nitrogen and oxygen atoms in total. The number of aromatic nitrogens is 1. The van der Waals surface area contributed by atoms with E-state index in [9.17, 15) is 4.79 Å². The monoisotopic (exact) mass is 426 g/mol. The molecule has 3 aromatic rings. The molecule has 30 heavy (non-hydrogen) atoms. The molecule has 2 aromatic carbocycles. The number of para-hydroxylation sites is 2. The fraction of sp³-hybridized carbons (Fsp3) is 0.273. The minimum absolute atomic E-state index is 0.166. The lowest BCUT2D eigenvalue weighted by atomic mass is 10.2. The van der Waals surface area contributed by atoms with E-state index in [1.54, 1.807) is 31.5 Å². The van der Waals surface area contributed by atoms with Crippen molar-refractivity contribution in [1.29, 1.82) is 0 Å². The Morgan fingerprint density at radius 2 is 1.93 bits per heavy atom. The Labute approximate surface area is 178 Å². The number of benzene rings is 2. The van der Waals surface area contributed by atoms with Crippen LogP contribution in [-0.4, -0.2) is 56.3 Å². The van der Waals surface area contributed by atoms with Gasteiger partial charge in [-0.2, -0.15) is 0 Å². The Kier molecular flexibility index (Phi) is 5.76. The lowest BCUT2D eigenvalue weighted by molar-refractivity contribution is 0.0518. The average Bonchev–Trinajstić information content (AvgIpc) is 3.28. The normalized spacial score (nSPS) is 14.8. The van der Waals surface area contributed by atoms with Crippen LogP contribution >= 0.6 is 11.3 Å². The first-order chi connectivity index (χ1) is 14.6. The second-order valence-electron chi connectivity index (χ2n) is 6.79. The van der Waals surface area contributed by atoms with E-state index >= 15 is 0 Å². The van der Waals surface area contributed by atoms with Crippen molar-refractivity contribution in [1.82, 2.24) is 9.88 Å². The molecule has 1 aliphatic rings. The first kappa shape index (κ1) is 20.0. The van der Waals surface area contributed by atoms with Gasteiger partial charge in [-0.15, -0.1) is 11.3 Å². The number of nitrogens with zero attached hydrogens (tertiary/aromatic N) is 2. The number of hydrogen-bond acceptors (Lipinski definition) is 7. The van der Waals surface area contributed by atoms with Crippen molar-refractivity contribution < 1.29 is 23.7 Å². The molecule has 8 heteroatoms. The van der Waals surface area contributed by atoms with Gasteiger partial charge >= 0.3 is 0 Å². The van der Waals surface area contributed by atoms with Crippen LogP contribution in [0.3, 0.4) is 0 Å². The smallest absolute Gasteiger partial charge is 0.273 e. The summed E-state index contributed by atoms with van der Waals surface area (Å²) in [5.74, 6) is 2.51. The highest BCUT2D eigenvalue weighted by Crippen LogP contribution is 2.34. The number of thiazole rings is 1. The number of methoxy groups -OCH3 is 2. The quantitative estimate of drug-likeness (QED) is 0.598. The first-order valence-electron chi connectivity index (χ1n) is 9.41. The number of ether oxygens (including phenoxy) is 4. The van der Waals surface area contributed by atoms with Gasteiger partial charge in [-0.25, -0.2) is 4.98 Å². The highest BCUT2D eigenvalue weighted by molar-refractivity contribution is 7.13. The molecule has 0 saturated heterocycles. The first-order valence-corrected chi connectivity index (χ1v) is 10.3. The Balaban J connectivity index is 1.44. The molecule has 0 N–H and O–H groups in total. The summed E-state index contributed by atoms with van der Waals surface area (Å²) in [5, 5.41) is 2.50. The Bertz CT molecular complexity index is 1050. The summed E-state index contributed by atoms with van der Waals surface area (Å²) in [6.07, 6.45) is -0.238. The minimum atomic E-state index is -0.238. The molecule has 0 saturated carbocycles. The number of carbonyl (C=O) groups excluding carboxylic acids is 1. The van der Waals surface area contributed by atoms with Gasteiger partial charge in [0.15, 0.2) is 29.1 Å². The maximum atomic E-state index is 12.9. The molecule has 0 radical (unpaired) electrons. The predicted molar refractivity (Wildman–Crippen MR) is 114 cm³/mol. The number of carbonyl (C=O) groups is 1. The summed E-state index contributed by atoms with van der Waals surface area (Å²) in [7, 11) is 4.91. The molecule has 0 fully saturated rings. The SMILES string of the molecule is COc1ccc(-c2nc(C(=O)N(C)C[C@H]3COc4ccccc4O3)cs2)cc1OC. The van der Waals surface area contributed by atoms with Crippen LogP contribution in [0.2, 0.25) is 0 Å². The van der Waals surface area contributed by atoms with Crippen LogP contribution in [0.15, 0.2) is 47.8 Å². The van der Waals surface area contributed by atoms with E-state index < -0.39 is 0 Å². The van der Waals surface area contributed by atoms with Crippen molar-refractivity contribution in [2.24, 2.45) is 0 Å². The van der Waals surface area contributed by atoms with E-state index in [0.717, 1.165) is 16.3 Å². The topological polar surface area (TPSA) is 70.1 Å². The molecular formula is C22H22N2O5S. The van der Waals surface area contributed by atoms with Crippen molar-refractivity contribution in [2.75, 3.05) is 34.4 Å². The van der Waals surface area contributed by atoms with Crippen LogP contribution in [0, 0.1) is 0 Å². The molecule has 0 spiro atoms. The Morgan fingerprint density at radius 1 is 1.17 bits per heavy atom. The highest BCUT2D eigenvalue weighted by Gasteiger charge is 2.25. The third-order valence-electron chi connectivity index (χ3n) is 4.75. The summed E-state index contributed by atoms with van der Waals surface area (Å²) in [6.45, 7) is 0.791. The summed E-state index contributed by atoms with van der Waals surface area (Å²) >= 11 is 1.41. The van der Waals surface area contributed by atoms with Gasteiger partial charge in [0.05, 0.1) is 20.8 Å². The summed E-state index contributed by atoms with van der Waals surface area (Å²) in [4.78, 5) is 19.0. The zero-order valence-electron chi connectivity index (χ0n) is 17.0. The fourth-order valence-electron chi connectivity index (χ4n) is 3.21. The zero-order chi connectivity index (χ0) is 21.1. The maximum absolute atomic E-state index is 12.9. The van der Waals surface area contributed by atoms with Gasteiger partial charge in [0.2, 0.25) is 0 Å². The molecule has 1 aromatic heterocycles. The van der Waals surface area contributed by atoms with Gasteiger partial charge in [-0.1, -0.05) is 12.1 Å². The van der Waals surface area contributed by atoms with E-state index in [1.165, 1.54) is 11.3 Å². The van der Waals surface area contributed by atoms with E-state index in [2.05, 4.69) is 4.98 Å². The molecule has 1 aliphatic heterocycles. The molecule has 4 rings (SSSR count). The number of amides is 1. The lowest BCUT2D eigenvalue weighted by Crippen LogP contribution is -2.41. The Morgan fingerprint density at radius 3 is 2.70 bits per heavy atom. The summed E-state index contributed by atoms with van der Waals surface area (Å²) in [6, 6.07) is 13.1. The molecule has 156 valence electrons. The molecule has 1 atom stereocenters. The van der Waals surface area contributed by atoms with Crippen molar-refractivity contribution >= 4 is 17.2 Å². The highest BCUT2D eigenvalue weighted by atomic mass is 32.1. The fourth-order valence-corrected chi connectivity index (χ4v) is 4.00. The number of fused-ring (bicyclic) bond motifs is 1. The van der Waals surface area contributed by atoms with Crippen LogP contribution in [0.25, 0.3) is 10.6 Å². The Hall–Kier alpha value is -3.26.